The smallest absolute Gasteiger partial charge is 0.253 e. The Kier molecular flexibility index (Phi) is 7.26. The third-order valence-corrected chi connectivity index (χ3v) is 4.18. The second kappa shape index (κ2) is 9.65. The number of nitrogens with zero attached hydrogens (tertiary/aromatic N) is 1. The number of hydrogen-bond donors (Lipinski definition) is 2. The Morgan fingerprint density at radius 2 is 1.92 bits per heavy atom. The minimum Gasteiger partial charge on any atom is -0.493 e. The zero-order valence-electron chi connectivity index (χ0n) is 15.8. The summed E-state index contributed by atoms with van der Waals surface area (Å²) >= 11 is 0. The summed E-state index contributed by atoms with van der Waals surface area (Å²) in [5, 5.41) is 6.25. The standard InChI is InChI=1S/C20H27N3O3/c1-5-14(2)23-20(24)16-11-17(13-21-12-16)22-9-8-15-6-7-18(25-3)19(10-15)26-4/h6-7,10-14,22H,5,8-9H2,1-4H3,(H,23,24). The van der Waals surface area contributed by atoms with E-state index in [-0.39, 0.29) is 11.9 Å². The highest BCUT2D eigenvalue weighted by atomic mass is 16.5. The van der Waals surface area contributed by atoms with Gasteiger partial charge in [-0.25, -0.2) is 0 Å². The number of carbonyl (C=O) groups excluding carboxylic acids is 1. The zero-order valence-corrected chi connectivity index (χ0v) is 15.8. The summed E-state index contributed by atoms with van der Waals surface area (Å²) in [4.78, 5) is 16.3. The maximum Gasteiger partial charge on any atom is 0.253 e. The number of rotatable bonds is 9. The van der Waals surface area contributed by atoms with Crippen LogP contribution in [0.3, 0.4) is 0 Å². The second-order valence-electron chi connectivity index (χ2n) is 6.11. The summed E-state index contributed by atoms with van der Waals surface area (Å²) < 4.78 is 10.6. The van der Waals surface area contributed by atoms with Crippen molar-refractivity contribution in [2.45, 2.75) is 32.7 Å². The van der Waals surface area contributed by atoms with Crippen molar-refractivity contribution < 1.29 is 14.3 Å². The van der Waals surface area contributed by atoms with Crippen molar-refractivity contribution in [1.29, 1.82) is 0 Å². The van der Waals surface area contributed by atoms with Gasteiger partial charge < -0.3 is 20.1 Å². The van der Waals surface area contributed by atoms with Crippen molar-refractivity contribution in [3.63, 3.8) is 0 Å². The van der Waals surface area contributed by atoms with E-state index in [2.05, 4.69) is 15.6 Å². The van der Waals surface area contributed by atoms with Gasteiger partial charge in [0.2, 0.25) is 0 Å². The molecule has 1 aromatic carbocycles. The molecule has 2 aromatic rings. The van der Waals surface area contributed by atoms with Crippen LogP contribution in [0.1, 0.15) is 36.2 Å². The quantitative estimate of drug-likeness (QED) is 0.720. The van der Waals surface area contributed by atoms with Gasteiger partial charge in [-0.2, -0.15) is 0 Å². The van der Waals surface area contributed by atoms with Gasteiger partial charge in [-0.3, -0.25) is 9.78 Å². The molecule has 6 nitrogen and oxygen atoms in total. The van der Waals surface area contributed by atoms with Gasteiger partial charge in [-0.05, 0) is 43.5 Å². The highest BCUT2D eigenvalue weighted by molar-refractivity contribution is 5.94. The van der Waals surface area contributed by atoms with Crippen LogP contribution in [0.4, 0.5) is 5.69 Å². The lowest BCUT2D eigenvalue weighted by atomic mass is 10.1. The molecule has 0 spiro atoms. The molecule has 1 heterocycles. The minimum atomic E-state index is -0.101. The van der Waals surface area contributed by atoms with E-state index in [9.17, 15) is 4.79 Å². The molecule has 26 heavy (non-hydrogen) atoms. The molecule has 0 saturated heterocycles. The summed E-state index contributed by atoms with van der Waals surface area (Å²) in [7, 11) is 3.25. The van der Waals surface area contributed by atoms with E-state index in [1.54, 1.807) is 26.6 Å². The normalized spacial score (nSPS) is 11.5. The SMILES string of the molecule is CCC(C)NC(=O)c1cncc(NCCc2ccc(OC)c(OC)c2)c1. The maximum atomic E-state index is 12.2. The van der Waals surface area contributed by atoms with E-state index in [1.807, 2.05) is 38.1 Å². The van der Waals surface area contributed by atoms with Gasteiger partial charge in [-0.15, -0.1) is 0 Å². The Morgan fingerprint density at radius 3 is 2.62 bits per heavy atom. The van der Waals surface area contributed by atoms with Crippen LogP contribution < -0.4 is 20.1 Å². The Bertz CT molecular complexity index is 734. The number of benzene rings is 1. The number of hydrogen-bond acceptors (Lipinski definition) is 5. The summed E-state index contributed by atoms with van der Waals surface area (Å²) in [5.41, 5.74) is 2.51. The molecular weight excluding hydrogens is 330 g/mol. The molecule has 0 aliphatic rings. The first kappa shape index (κ1) is 19.6. The predicted molar refractivity (Wildman–Crippen MR) is 103 cm³/mol. The van der Waals surface area contributed by atoms with E-state index in [1.165, 1.54) is 0 Å². The van der Waals surface area contributed by atoms with Gasteiger partial charge in [0.25, 0.3) is 5.91 Å². The Morgan fingerprint density at radius 1 is 1.15 bits per heavy atom. The Labute approximate surface area is 154 Å². The third-order valence-electron chi connectivity index (χ3n) is 4.18. The van der Waals surface area contributed by atoms with Crippen LogP contribution in [0.2, 0.25) is 0 Å². The molecule has 140 valence electrons. The molecule has 2 N–H and O–H groups in total. The topological polar surface area (TPSA) is 72.5 Å². The highest BCUT2D eigenvalue weighted by Crippen LogP contribution is 2.27. The minimum absolute atomic E-state index is 0.101. The maximum absolute atomic E-state index is 12.2. The number of anilines is 1. The molecule has 0 aliphatic carbocycles. The van der Waals surface area contributed by atoms with E-state index in [0.717, 1.165) is 29.8 Å². The van der Waals surface area contributed by atoms with Crippen molar-refractivity contribution in [3.8, 4) is 11.5 Å². The monoisotopic (exact) mass is 357 g/mol. The van der Waals surface area contributed by atoms with Gasteiger partial charge in [0.1, 0.15) is 0 Å². The molecule has 0 fully saturated rings. The van der Waals surface area contributed by atoms with E-state index in [0.29, 0.717) is 17.9 Å². The van der Waals surface area contributed by atoms with Crippen LogP contribution in [-0.4, -0.2) is 37.7 Å². The fraction of sp³-hybridized carbons (Fsp3) is 0.400. The summed E-state index contributed by atoms with van der Waals surface area (Å²) in [5.74, 6) is 1.33. The molecule has 0 bridgehead atoms. The molecule has 1 aromatic heterocycles. The first-order valence-electron chi connectivity index (χ1n) is 8.78. The highest BCUT2D eigenvalue weighted by Gasteiger charge is 2.09. The van der Waals surface area contributed by atoms with Crippen LogP contribution in [0.25, 0.3) is 0 Å². The summed E-state index contributed by atoms with van der Waals surface area (Å²) in [6.07, 6.45) is 5.00. The van der Waals surface area contributed by atoms with Crippen LogP contribution in [0.5, 0.6) is 11.5 Å². The largest absolute Gasteiger partial charge is 0.493 e. The van der Waals surface area contributed by atoms with Crippen molar-refractivity contribution in [3.05, 3.63) is 47.8 Å². The van der Waals surface area contributed by atoms with Crippen LogP contribution in [-0.2, 0) is 6.42 Å². The number of carbonyl (C=O) groups is 1. The Balaban J connectivity index is 1.94. The van der Waals surface area contributed by atoms with Crippen molar-refractivity contribution in [2.24, 2.45) is 0 Å². The Hall–Kier alpha value is -2.76. The number of nitrogens with one attached hydrogen (secondary N) is 2. The van der Waals surface area contributed by atoms with Crippen LogP contribution in [0, 0.1) is 0 Å². The van der Waals surface area contributed by atoms with Gasteiger partial charge in [-0.1, -0.05) is 13.0 Å². The van der Waals surface area contributed by atoms with Gasteiger partial charge in [0, 0.05) is 25.0 Å². The van der Waals surface area contributed by atoms with Crippen molar-refractivity contribution in [1.82, 2.24) is 10.3 Å². The van der Waals surface area contributed by atoms with E-state index >= 15 is 0 Å². The molecule has 6 heteroatoms. The number of amides is 1. The van der Waals surface area contributed by atoms with E-state index in [4.69, 9.17) is 9.47 Å². The lowest BCUT2D eigenvalue weighted by Crippen LogP contribution is -2.32. The van der Waals surface area contributed by atoms with E-state index < -0.39 is 0 Å². The first-order valence-corrected chi connectivity index (χ1v) is 8.78. The molecular formula is C20H27N3O3. The third kappa shape index (κ3) is 5.37. The van der Waals surface area contributed by atoms with Crippen LogP contribution in [0.15, 0.2) is 36.7 Å². The first-order chi connectivity index (χ1) is 12.6. The lowest BCUT2D eigenvalue weighted by Gasteiger charge is -2.12. The average molecular weight is 357 g/mol. The average Bonchev–Trinajstić information content (AvgIpc) is 2.67. The fourth-order valence-corrected chi connectivity index (χ4v) is 2.46. The number of ether oxygens (including phenoxy) is 2. The molecule has 0 saturated carbocycles. The lowest BCUT2D eigenvalue weighted by molar-refractivity contribution is 0.0939. The van der Waals surface area contributed by atoms with Gasteiger partial charge in [0.15, 0.2) is 11.5 Å². The number of pyridine rings is 1. The molecule has 1 amide bonds. The molecule has 2 rings (SSSR count). The van der Waals surface area contributed by atoms with Crippen molar-refractivity contribution in [2.75, 3.05) is 26.1 Å². The summed E-state index contributed by atoms with van der Waals surface area (Å²) in [6, 6.07) is 7.84. The van der Waals surface area contributed by atoms with Gasteiger partial charge in [0.05, 0.1) is 25.5 Å². The second-order valence-corrected chi connectivity index (χ2v) is 6.11. The molecule has 0 radical (unpaired) electrons. The zero-order chi connectivity index (χ0) is 18.9. The van der Waals surface area contributed by atoms with Gasteiger partial charge >= 0.3 is 0 Å². The predicted octanol–water partition coefficient (Wildman–Crippen LogP) is 3.28. The number of aromatic nitrogens is 1. The fourth-order valence-electron chi connectivity index (χ4n) is 2.46. The molecule has 1 atom stereocenters. The molecule has 0 aliphatic heterocycles. The van der Waals surface area contributed by atoms with Crippen LogP contribution >= 0.6 is 0 Å². The molecule has 1 unspecified atom stereocenters. The number of methoxy groups -OCH3 is 2. The van der Waals surface area contributed by atoms with Crippen molar-refractivity contribution >= 4 is 11.6 Å². The summed E-state index contributed by atoms with van der Waals surface area (Å²) in [6.45, 7) is 4.74.